The van der Waals surface area contributed by atoms with Gasteiger partial charge in [0.1, 0.15) is 18.2 Å². The van der Waals surface area contributed by atoms with Gasteiger partial charge >= 0.3 is 0 Å². The molecule has 2 rings (SSSR count). The molecule has 1 N–H and O–H groups in total. The molecule has 1 atom stereocenters. The highest BCUT2D eigenvalue weighted by Crippen LogP contribution is 2.21. The molecule has 0 spiro atoms. The summed E-state index contributed by atoms with van der Waals surface area (Å²) in [4.78, 5) is 11.7. The topological polar surface area (TPSA) is 72.5 Å². The van der Waals surface area contributed by atoms with E-state index in [1.165, 1.54) is 12.1 Å². The molecule has 1 saturated heterocycles. The summed E-state index contributed by atoms with van der Waals surface area (Å²) < 4.78 is 40.8. The van der Waals surface area contributed by atoms with Gasteiger partial charge in [0.2, 0.25) is 5.91 Å². The highest BCUT2D eigenvalue weighted by Gasteiger charge is 2.29. The molecule has 1 amide bonds. The predicted molar refractivity (Wildman–Crippen MR) is 76.3 cm³/mol. The average Bonchev–Trinajstić information content (AvgIpc) is 2.74. The molecule has 1 aliphatic rings. The van der Waals surface area contributed by atoms with Crippen molar-refractivity contribution in [2.75, 3.05) is 24.7 Å². The van der Waals surface area contributed by atoms with Crippen molar-refractivity contribution >= 4 is 15.7 Å². The van der Waals surface area contributed by atoms with Crippen LogP contribution in [0.1, 0.15) is 12.8 Å². The summed E-state index contributed by atoms with van der Waals surface area (Å²) in [7, 11) is -2.95. The summed E-state index contributed by atoms with van der Waals surface area (Å²) in [6.45, 7) is 0.535. The second-order valence-electron chi connectivity index (χ2n) is 5.13. The van der Waals surface area contributed by atoms with Crippen LogP contribution in [0.2, 0.25) is 0 Å². The lowest BCUT2D eigenvalue weighted by Gasteiger charge is -2.10. The van der Waals surface area contributed by atoms with Crippen LogP contribution >= 0.6 is 0 Å². The molecule has 21 heavy (non-hydrogen) atoms. The first-order valence-electron chi connectivity index (χ1n) is 6.80. The average molecular weight is 315 g/mol. The number of sulfone groups is 1. The summed E-state index contributed by atoms with van der Waals surface area (Å²) in [5, 5.41) is 2.67. The third-order valence-corrected chi connectivity index (χ3v) is 5.13. The van der Waals surface area contributed by atoms with Gasteiger partial charge < -0.3 is 10.1 Å². The zero-order valence-electron chi connectivity index (χ0n) is 11.5. The van der Waals surface area contributed by atoms with Gasteiger partial charge in [-0.15, -0.1) is 0 Å². The van der Waals surface area contributed by atoms with Crippen molar-refractivity contribution in [2.45, 2.75) is 12.8 Å². The van der Waals surface area contributed by atoms with Crippen molar-refractivity contribution in [3.63, 3.8) is 0 Å². The Morgan fingerprint density at radius 2 is 2.24 bits per heavy atom. The Morgan fingerprint density at radius 1 is 1.43 bits per heavy atom. The molecule has 0 radical (unpaired) electrons. The monoisotopic (exact) mass is 315 g/mol. The Balaban J connectivity index is 1.64. The Labute approximate surface area is 123 Å². The van der Waals surface area contributed by atoms with E-state index in [1.54, 1.807) is 12.1 Å². The normalized spacial score (nSPS) is 20.1. The van der Waals surface area contributed by atoms with Gasteiger partial charge in [0.05, 0.1) is 18.1 Å². The third-order valence-electron chi connectivity index (χ3n) is 3.29. The first-order chi connectivity index (χ1) is 9.94. The second kappa shape index (κ2) is 6.89. The number of carbonyl (C=O) groups is 1. The molecule has 1 aliphatic heterocycles. The lowest BCUT2D eigenvalue weighted by Crippen LogP contribution is -2.29. The molecular weight excluding hydrogens is 297 g/mol. The standard InChI is InChI=1S/C14H18FNO4S/c15-12-2-1-3-13(9-12)20-6-5-16-14(17)8-11-4-7-21(18,19)10-11/h1-3,9,11H,4-8,10H2,(H,16,17). The lowest BCUT2D eigenvalue weighted by molar-refractivity contribution is -0.121. The van der Waals surface area contributed by atoms with Crippen molar-refractivity contribution in [1.82, 2.24) is 5.32 Å². The quantitative estimate of drug-likeness (QED) is 0.799. The molecule has 1 fully saturated rings. The molecule has 7 heteroatoms. The Bertz CT molecular complexity index is 603. The van der Waals surface area contributed by atoms with E-state index < -0.39 is 9.84 Å². The number of benzene rings is 1. The van der Waals surface area contributed by atoms with Crippen molar-refractivity contribution in [2.24, 2.45) is 5.92 Å². The van der Waals surface area contributed by atoms with E-state index >= 15 is 0 Å². The van der Waals surface area contributed by atoms with E-state index in [0.29, 0.717) is 18.7 Å². The Morgan fingerprint density at radius 3 is 2.90 bits per heavy atom. The molecule has 0 aliphatic carbocycles. The van der Waals surface area contributed by atoms with Gasteiger partial charge in [-0.05, 0) is 24.5 Å². The van der Waals surface area contributed by atoms with Crippen LogP contribution in [0.25, 0.3) is 0 Å². The van der Waals surface area contributed by atoms with Gasteiger partial charge in [-0.2, -0.15) is 0 Å². The summed E-state index contributed by atoms with van der Waals surface area (Å²) in [6, 6.07) is 5.77. The maximum Gasteiger partial charge on any atom is 0.220 e. The number of halogens is 1. The highest BCUT2D eigenvalue weighted by molar-refractivity contribution is 7.91. The minimum Gasteiger partial charge on any atom is -0.492 e. The van der Waals surface area contributed by atoms with Gasteiger partial charge in [0, 0.05) is 12.5 Å². The van der Waals surface area contributed by atoms with Crippen LogP contribution in [0.3, 0.4) is 0 Å². The summed E-state index contributed by atoms with van der Waals surface area (Å²) in [5.41, 5.74) is 0. The van der Waals surface area contributed by atoms with E-state index in [0.717, 1.165) is 0 Å². The van der Waals surface area contributed by atoms with E-state index in [4.69, 9.17) is 4.74 Å². The first-order valence-corrected chi connectivity index (χ1v) is 8.62. The highest BCUT2D eigenvalue weighted by atomic mass is 32.2. The molecule has 116 valence electrons. The molecule has 1 heterocycles. The molecule has 0 aromatic heterocycles. The van der Waals surface area contributed by atoms with Crippen LogP contribution in [-0.4, -0.2) is 39.0 Å². The fourth-order valence-corrected chi connectivity index (χ4v) is 4.15. The fourth-order valence-electron chi connectivity index (χ4n) is 2.28. The minimum atomic E-state index is -2.95. The van der Waals surface area contributed by atoms with Gasteiger partial charge in [-0.3, -0.25) is 4.79 Å². The van der Waals surface area contributed by atoms with Crippen molar-refractivity contribution < 1.29 is 22.3 Å². The number of rotatable bonds is 6. The SMILES string of the molecule is O=C(CC1CCS(=O)(=O)C1)NCCOc1cccc(F)c1. The van der Waals surface area contributed by atoms with Gasteiger partial charge in [-0.1, -0.05) is 6.07 Å². The number of amides is 1. The van der Waals surface area contributed by atoms with Crippen LogP contribution < -0.4 is 10.1 Å². The second-order valence-corrected chi connectivity index (χ2v) is 7.36. The first kappa shape index (κ1) is 15.8. The van der Waals surface area contributed by atoms with Crippen LogP contribution in [0, 0.1) is 11.7 Å². The fraction of sp³-hybridized carbons (Fsp3) is 0.500. The van der Waals surface area contributed by atoms with Crippen molar-refractivity contribution in [1.29, 1.82) is 0 Å². The third kappa shape index (κ3) is 5.34. The molecule has 1 aromatic carbocycles. The van der Waals surface area contributed by atoms with Gasteiger partial charge in [0.25, 0.3) is 0 Å². The molecule has 1 aromatic rings. The van der Waals surface area contributed by atoms with E-state index in [9.17, 15) is 17.6 Å². The van der Waals surface area contributed by atoms with Crippen molar-refractivity contribution in [3.05, 3.63) is 30.1 Å². The van der Waals surface area contributed by atoms with E-state index in [1.807, 2.05) is 0 Å². The van der Waals surface area contributed by atoms with Gasteiger partial charge in [-0.25, -0.2) is 12.8 Å². The van der Waals surface area contributed by atoms with Crippen LogP contribution in [0.4, 0.5) is 4.39 Å². The summed E-state index contributed by atoms with van der Waals surface area (Å²) in [5.74, 6) is 0.0394. The lowest BCUT2D eigenvalue weighted by atomic mass is 10.1. The maximum absolute atomic E-state index is 12.9. The van der Waals surface area contributed by atoms with Crippen LogP contribution in [-0.2, 0) is 14.6 Å². The number of nitrogens with one attached hydrogen (secondary N) is 1. The summed E-state index contributed by atoms with van der Waals surface area (Å²) in [6.07, 6.45) is 0.773. The Hall–Kier alpha value is -1.63. The number of hydrogen-bond acceptors (Lipinski definition) is 4. The van der Waals surface area contributed by atoms with E-state index in [2.05, 4.69) is 5.32 Å². The minimum absolute atomic E-state index is 0.0841. The van der Waals surface area contributed by atoms with Crippen LogP contribution in [0.5, 0.6) is 5.75 Å². The van der Waals surface area contributed by atoms with Crippen molar-refractivity contribution in [3.8, 4) is 5.75 Å². The smallest absolute Gasteiger partial charge is 0.220 e. The van der Waals surface area contributed by atoms with E-state index in [-0.39, 0.29) is 42.2 Å². The molecule has 0 bridgehead atoms. The molecule has 0 saturated carbocycles. The molecule has 5 nitrogen and oxygen atoms in total. The van der Waals surface area contributed by atoms with Gasteiger partial charge in [0.15, 0.2) is 9.84 Å². The largest absolute Gasteiger partial charge is 0.492 e. The van der Waals surface area contributed by atoms with Crippen LogP contribution in [0.15, 0.2) is 24.3 Å². The number of hydrogen-bond donors (Lipinski definition) is 1. The number of carbonyl (C=O) groups excluding carboxylic acids is 1. The summed E-state index contributed by atoms with van der Waals surface area (Å²) >= 11 is 0. The molecule has 1 unspecified atom stereocenters. The zero-order chi connectivity index (χ0) is 15.3. The maximum atomic E-state index is 12.9. The molecular formula is C14H18FNO4S. The zero-order valence-corrected chi connectivity index (χ0v) is 12.4. The Kier molecular flexibility index (Phi) is 5.17. The predicted octanol–water partition coefficient (Wildman–Crippen LogP) is 1.15. The number of ether oxygens (including phenoxy) is 1.